The second kappa shape index (κ2) is 29.0. The Morgan fingerprint density at radius 3 is 0.902 bits per heavy atom. The van der Waals surface area contributed by atoms with Crippen molar-refractivity contribution in [2.24, 2.45) is 0 Å². The van der Waals surface area contributed by atoms with E-state index < -0.39 is 18.1 Å². The SMILES string of the molecule is CN(OCc1ccccc1)C(=O)CCNC(=O)NCCN(CCNC(=O)NCCC(=O)N(C)OCc1ccccc1)CCNC(=O)NCCC(=O)N(C)OCc1ccccc1. The van der Waals surface area contributed by atoms with Crippen LogP contribution in [0.25, 0.3) is 0 Å². The van der Waals surface area contributed by atoms with Crippen LogP contribution in [0.1, 0.15) is 36.0 Å². The Hall–Kier alpha value is -6.28. The maximum Gasteiger partial charge on any atom is 0.314 e. The highest BCUT2D eigenvalue weighted by molar-refractivity contribution is 5.78. The monoisotopic (exact) mass is 848 g/mol. The van der Waals surface area contributed by atoms with Crippen molar-refractivity contribution in [3.63, 3.8) is 0 Å². The minimum atomic E-state index is -0.466. The van der Waals surface area contributed by atoms with Gasteiger partial charge in [-0.1, -0.05) is 91.0 Å². The predicted octanol–water partition coefficient (Wildman–Crippen LogP) is 2.13. The molecule has 0 unspecified atom stereocenters. The second-order valence-electron chi connectivity index (χ2n) is 13.6. The average molecular weight is 849 g/mol. The van der Waals surface area contributed by atoms with Gasteiger partial charge >= 0.3 is 18.1 Å². The molecule has 0 heterocycles. The summed E-state index contributed by atoms with van der Waals surface area (Å²) in [6.45, 7) is 2.76. The molecule has 3 aromatic carbocycles. The minimum Gasteiger partial charge on any atom is -0.338 e. The molecule has 0 aliphatic heterocycles. The summed E-state index contributed by atoms with van der Waals surface area (Å²) in [4.78, 5) is 93.1. The molecular weight excluding hydrogens is 789 g/mol. The lowest BCUT2D eigenvalue weighted by Crippen LogP contribution is -2.47. The van der Waals surface area contributed by atoms with E-state index in [1.165, 1.54) is 21.1 Å². The molecule has 0 radical (unpaired) electrons. The van der Waals surface area contributed by atoms with Gasteiger partial charge in [0.1, 0.15) is 19.8 Å². The maximum atomic E-state index is 12.5. The van der Waals surface area contributed by atoms with Crippen LogP contribution in [0.4, 0.5) is 14.4 Å². The van der Waals surface area contributed by atoms with Crippen LogP contribution >= 0.6 is 0 Å². The largest absolute Gasteiger partial charge is 0.338 e. The Morgan fingerprint density at radius 2 is 0.639 bits per heavy atom. The van der Waals surface area contributed by atoms with Crippen molar-refractivity contribution < 1.29 is 43.3 Å². The molecule has 0 spiro atoms. The van der Waals surface area contributed by atoms with Gasteiger partial charge in [0.2, 0.25) is 17.7 Å². The first-order valence-electron chi connectivity index (χ1n) is 20.1. The topological polar surface area (TPSA) is 215 Å². The van der Waals surface area contributed by atoms with Gasteiger partial charge in [-0.05, 0) is 16.7 Å². The lowest BCUT2D eigenvalue weighted by Gasteiger charge is -2.23. The number of hydrogen-bond acceptors (Lipinski definition) is 10. The molecule has 0 atom stereocenters. The van der Waals surface area contributed by atoms with Crippen LogP contribution in [0.15, 0.2) is 91.0 Å². The van der Waals surface area contributed by atoms with Crippen molar-refractivity contribution in [1.29, 1.82) is 0 Å². The standard InChI is InChI=1S/C42H60N10O9/c1-49(59-31-34-13-7-4-8-14-34)37(53)19-22-43-40(56)46-25-28-52(29-26-47-41(57)44-23-20-38(54)50(2)60-32-35-15-9-5-10-16-35)30-27-48-42(58)45-24-21-39(55)51(3)61-33-36-17-11-6-12-18-36/h4-18H,19-33H2,1-3H3,(H2,43,46,56)(H2,44,47,57)(H2,45,48,58). The van der Waals surface area contributed by atoms with Crippen LogP contribution in [-0.4, -0.2) is 136 Å². The number of urea groups is 3. The van der Waals surface area contributed by atoms with E-state index >= 15 is 0 Å². The van der Waals surface area contributed by atoms with Crippen LogP contribution in [0.2, 0.25) is 0 Å². The minimum absolute atomic E-state index is 0.0338. The summed E-state index contributed by atoms with van der Waals surface area (Å²) in [5, 5.41) is 19.7. The van der Waals surface area contributed by atoms with Gasteiger partial charge in [0.25, 0.3) is 0 Å². The summed E-state index contributed by atoms with van der Waals surface area (Å²) in [7, 11) is 4.56. The lowest BCUT2D eigenvalue weighted by atomic mass is 10.2. The van der Waals surface area contributed by atoms with Crippen molar-refractivity contribution in [2.75, 3.05) is 80.0 Å². The van der Waals surface area contributed by atoms with E-state index in [2.05, 4.69) is 31.9 Å². The molecule has 0 saturated carbocycles. The third kappa shape index (κ3) is 22.1. The second-order valence-corrected chi connectivity index (χ2v) is 13.6. The summed E-state index contributed by atoms with van der Waals surface area (Å²) in [5.41, 5.74) is 2.76. The van der Waals surface area contributed by atoms with Gasteiger partial charge in [0.15, 0.2) is 0 Å². The molecule has 3 aromatic rings. The number of nitrogens with one attached hydrogen (secondary N) is 6. The molecule has 332 valence electrons. The van der Waals surface area contributed by atoms with Gasteiger partial charge in [0, 0.05) is 99.3 Å². The van der Waals surface area contributed by atoms with Crippen molar-refractivity contribution in [2.45, 2.75) is 39.1 Å². The molecule has 9 amide bonds. The van der Waals surface area contributed by atoms with E-state index in [9.17, 15) is 28.8 Å². The van der Waals surface area contributed by atoms with Crippen LogP contribution < -0.4 is 31.9 Å². The molecule has 0 aliphatic rings. The Bertz CT molecular complexity index is 1560. The van der Waals surface area contributed by atoms with Crippen LogP contribution in [-0.2, 0) is 48.7 Å². The number of carbonyl (C=O) groups is 6. The summed E-state index contributed by atoms with van der Waals surface area (Å²) in [6.07, 6.45) is 0.101. The average Bonchev–Trinajstić information content (AvgIpc) is 3.27. The van der Waals surface area contributed by atoms with E-state index in [4.69, 9.17) is 14.5 Å². The van der Waals surface area contributed by atoms with E-state index in [0.29, 0.717) is 19.6 Å². The van der Waals surface area contributed by atoms with Crippen LogP contribution in [0, 0.1) is 0 Å². The maximum absolute atomic E-state index is 12.5. The van der Waals surface area contributed by atoms with Gasteiger partial charge in [-0.3, -0.25) is 33.8 Å². The Labute approximate surface area is 357 Å². The first kappa shape index (κ1) is 49.1. The predicted molar refractivity (Wildman–Crippen MR) is 226 cm³/mol. The molecule has 6 N–H and O–H groups in total. The quantitative estimate of drug-likeness (QED) is 0.0615. The molecule has 0 aromatic heterocycles. The third-order valence-corrected chi connectivity index (χ3v) is 8.87. The lowest BCUT2D eigenvalue weighted by molar-refractivity contribution is -0.182. The zero-order chi connectivity index (χ0) is 44.1. The highest BCUT2D eigenvalue weighted by atomic mass is 16.7. The molecule has 0 saturated heterocycles. The highest BCUT2D eigenvalue weighted by Gasteiger charge is 2.14. The molecule has 19 nitrogen and oxygen atoms in total. The number of amides is 9. The zero-order valence-electron chi connectivity index (χ0n) is 35.2. The van der Waals surface area contributed by atoms with Crippen LogP contribution in [0.3, 0.4) is 0 Å². The fourth-order valence-corrected chi connectivity index (χ4v) is 5.28. The summed E-state index contributed by atoms with van der Waals surface area (Å²) in [6, 6.07) is 26.9. The summed E-state index contributed by atoms with van der Waals surface area (Å²) in [5.74, 6) is -0.892. The van der Waals surface area contributed by atoms with Crippen molar-refractivity contribution in [3.05, 3.63) is 108 Å². The van der Waals surface area contributed by atoms with E-state index in [-0.39, 0.29) is 96.1 Å². The normalized spacial score (nSPS) is 10.6. The van der Waals surface area contributed by atoms with Crippen LogP contribution in [0.5, 0.6) is 0 Å². The highest BCUT2D eigenvalue weighted by Crippen LogP contribution is 2.05. The van der Waals surface area contributed by atoms with Crippen molar-refractivity contribution in [3.8, 4) is 0 Å². The number of benzene rings is 3. The third-order valence-electron chi connectivity index (χ3n) is 8.87. The Morgan fingerprint density at radius 1 is 0.393 bits per heavy atom. The molecule has 3 rings (SSSR count). The number of hydroxylamine groups is 6. The molecule has 0 bridgehead atoms. The zero-order valence-corrected chi connectivity index (χ0v) is 35.2. The van der Waals surface area contributed by atoms with Gasteiger partial charge in [-0.2, -0.15) is 0 Å². The smallest absolute Gasteiger partial charge is 0.314 e. The summed E-state index contributed by atoms with van der Waals surface area (Å²) < 4.78 is 0. The molecule has 0 aliphatic carbocycles. The first-order chi connectivity index (χ1) is 29.5. The Balaban J connectivity index is 1.36. The van der Waals surface area contributed by atoms with E-state index in [1.807, 2.05) is 95.9 Å². The number of nitrogens with zero attached hydrogens (tertiary/aromatic N) is 4. The molecule has 61 heavy (non-hydrogen) atoms. The molecular formula is C42H60N10O9. The van der Waals surface area contributed by atoms with Crippen molar-refractivity contribution in [1.82, 2.24) is 52.0 Å². The molecule has 0 fully saturated rings. The number of rotatable bonds is 27. The van der Waals surface area contributed by atoms with E-state index in [1.54, 1.807) is 0 Å². The van der Waals surface area contributed by atoms with Gasteiger partial charge in [-0.15, -0.1) is 0 Å². The first-order valence-corrected chi connectivity index (χ1v) is 20.1. The van der Waals surface area contributed by atoms with Crippen molar-refractivity contribution >= 4 is 35.8 Å². The number of hydrogen-bond donors (Lipinski definition) is 6. The van der Waals surface area contributed by atoms with E-state index in [0.717, 1.165) is 31.9 Å². The molecule has 19 heteroatoms. The van der Waals surface area contributed by atoms with Gasteiger partial charge in [0.05, 0.1) is 0 Å². The fourth-order valence-electron chi connectivity index (χ4n) is 5.28. The van der Waals surface area contributed by atoms with Gasteiger partial charge < -0.3 is 31.9 Å². The summed E-state index contributed by atoms with van der Waals surface area (Å²) >= 11 is 0. The Kier molecular flexibility index (Phi) is 23.4. The fraction of sp³-hybridized carbons (Fsp3) is 0.429. The van der Waals surface area contributed by atoms with Gasteiger partial charge in [-0.25, -0.2) is 29.6 Å². The number of carbonyl (C=O) groups excluding carboxylic acids is 6.